The Kier molecular flexibility index (Phi) is 8.81. The molecule has 0 spiro atoms. The molecule has 4 heterocycles. The normalized spacial score (nSPS) is 23.7. The number of unbranched alkanes of at least 4 members (excludes halogenated alkanes) is 1. The number of nitrogens with zero attached hydrogens (tertiary/aromatic N) is 2. The van der Waals surface area contributed by atoms with Crippen molar-refractivity contribution >= 4 is 11.7 Å². The number of carbonyl (C=O) groups is 1. The maximum atomic E-state index is 14.4. The van der Waals surface area contributed by atoms with Crippen molar-refractivity contribution in [3.63, 3.8) is 0 Å². The summed E-state index contributed by atoms with van der Waals surface area (Å²) in [6.45, 7) is 7.26. The number of carboxylic acids is 1. The summed E-state index contributed by atoms with van der Waals surface area (Å²) in [5.74, 6) is -1.47. The summed E-state index contributed by atoms with van der Waals surface area (Å²) in [4.78, 5) is 19.2. The average molecular weight is 542 g/mol. The SMILES string of the molecule is CC1(C)COC(c2ccc(F)cc2C(C(=O)O)N2CC[C@@H](OCCCCc3ccc4c(n3)CCCN4)C2)CO1. The molecule has 2 N–H and O–H groups in total. The summed E-state index contributed by atoms with van der Waals surface area (Å²) in [7, 11) is 0. The number of aryl methyl sites for hydroxylation is 2. The van der Waals surface area contributed by atoms with Gasteiger partial charge in [0.1, 0.15) is 18.0 Å². The number of anilines is 1. The first-order valence-electron chi connectivity index (χ1n) is 14.1. The van der Waals surface area contributed by atoms with Gasteiger partial charge in [-0.3, -0.25) is 14.7 Å². The van der Waals surface area contributed by atoms with Crippen LogP contribution < -0.4 is 5.32 Å². The van der Waals surface area contributed by atoms with Crippen LogP contribution in [-0.4, -0.2) is 72.1 Å². The standard InChI is InChI=1S/C30H40FN3O5/c1-30(2)19-38-27(18-39-30)23-10-8-20(31)16-24(23)28(29(35)36)34-14-12-22(17-34)37-15-4-3-6-21-9-11-25-26(33-21)7-5-13-32-25/h8-11,16,22,27-28,32H,3-7,12-15,17-19H2,1-2H3,(H,35,36)/t22-,27?,28?/m1/s1. The third kappa shape index (κ3) is 6.95. The first kappa shape index (κ1) is 28.0. The van der Waals surface area contributed by atoms with Crippen LogP contribution in [0.4, 0.5) is 10.1 Å². The zero-order valence-electron chi connectivity index (χ0n) is 23.0. The van der Waals surface area contributed by atoms with Crippen molar-refractivity contribution < 1.29 is 28.5 Å². The van der Waals surface area contributed by atoms with Gasteiger partial charge in [-0.05, 0) is 87.8 Å². The first-order chi connectivity index (χ1) is 18.8. The number of hydrogen-bond acceptors (Lipinski definition) is 7. The van der Waals surface area contributed by atoms with E-state index in [0.717, 1.165) is 56.5 Å². The van der Waals surface area contributed by atoms with Crippen molar-refractivity contribution in [3.8, 4) is 0 Å². The van der Waals surface area contributed by atoms with E-state index in [9.17, 15) is 14.3 Å². The molecule has 0 amide bonds. The Balaban J connectivity index is 1.14. The van der Waals surface area contributed by atoms with Gasteiger partial charge in [-0.15, -0.1) is 0 Å². The maximum absolute atomic E-state index is 14.4. The van der Waals surface area contributed by atoms with Gasteiger partial charge in [0.15, 0.2) is 0 Å². The molecule has 3 aliphatic rings. The number of nitrogens with one attached hydrogen (secondary N) is 1. The number of rotatable bonds is 10. The second kappa shape index (κ2) is 12.3. The van der Waals surface area contributed by atoms with Crippen LogP contribution in [0.5, 0.6) is 0 Å². The van der Waals surface area contributed by atoms with Crippen LogP contribution in [0.15, 0.2) is 30.3 Å². The Bertz CT molecular complexity index is 1150. The third-order valence-electron chi connectivity index (χ3n) is 7.84. The zero-order chi connectivity index (χ0) is 27.4. The van der Waals surface area contributed by atoms with Crippen LogP contribution >= 0.6 is 0 Å². The number of benzene rings is 1. The lowest BCUT2D eigenvalue weighted by atomic mass is 9.94. The number of hydrogen-bond donors (Lipinski definition) is 2. The van der Waals surface area contributed by atoms with Crippen LogP contribution in [0.25, 0.3) is 0 Å². The Morgan fingerprint density at radius 1 is 1.31 bits per heavy atom. The lowest BCUT2D eigenvalue weighted by Gasteiger charge is -2.36. The van der Waals surface area contributed by atoms with Crippen LogP contribution in [0.3, 0.4) is 0 Å². The molecule has 0 saturated carbocycles. The predicted octanol–water partition coefficient (Wildman–Crippen LogP) is 4.68. The van der Waals surface area contributed by atoms with Gasteiger partial charge in [0.2, 0.25) is 0 Å². The van der Waals surface area contributed by atoms with Gasteiger partial charge >= 0.3 is 5.97 Å². The van der Waals surface area contributed by atoms with Gasteiger partial charge in [0.05, 0.1) is 36.3 Å². The highest BCUT2D eigenvalue weighted by molar-refractivity contribution is 5.76. The number of aliphatic carboxylic acids is 1. The molecule has 0 bridgehead atoms. The summed E-state index contributed by atoms with van der Waals surface area (Å²) in [6, 6.07) is 7.57. The van der Waals surface area contributed by atoms with E-state index in [1.54, 1.807) is 6.07 Å². The number of likely N-dealkylation sites (tertiary alicyclic amines) is 1. The van der Waals surface area contributed by atoms with Crippen LogP contribution in [-0.2, 0) is 31.8 Å². The molecule has 0 radical (unpaired) electrons. The van der Waals surface area contributed by atoms with Crippen LogP contribution in [0, 0.1) is 5.82 Å². The third-order valence-corrected chi connectivity index (χ3v) is 7.84. The fraction of sp³-hybridized carbons (Fsp3) is 0.600. The second-order valence-corrected chi connectivity index (χ2v) is 11.4. The highest BCUT2D eigenvalue weighted by Crippen LogP contribution is 2.36. The Hall–Kier alpha value is -2.59. The molecule has 0 aliphatic carbocycles. The van der Waals surface area contributed by atoms with E-state index in [-0.39, 0.29) is 6.10 Å². The first-order valence-corrected chi connectivity index (χ1v) is 14.1. The summed E-state index contributed by atoms with van der Waals surface area (Å²) in [5, 5.41) is 13.6. The number of halogens is 1. The summed E-state index contributed by atoms with van der Waals surface area (Å²) < 4.78 is 32.4. The van der Waals surface area contributed by atoms with Gasteiger partial charge < -0.3 is 24.6 Å². The Morgan fingerprint density at radius 2 is 2.18 bits per heavy atom. The molecule has 2 saturated heterocycles. The average Bonchev–Trinajstić information content (AvgIpc) is 3.37. The highest BCUT2D eigenvalue weighted by Gasteiger charge is 2.38. The summed E-state index contributed by atoms with van der Waals surface area (Å²) >= 11 is 0. The predicted molar refractivity (Wildman–Crippen MR) is 145 cm³/mol. The zero-order valence-corrected chi connectivity index (χ0v) is 23.0. The molecule has 2 fully saturated rings. The van der Waals surface area contributed by atoms with Crippen molar-refractivity contribution in [1.29, 1.82) is 0 Å². The molecular formula is C30H40FN3O5. The molecule has 9 heteroatoms. The summed E-state index contributed by atoms with van der Waals surface area (Å²) in [5.41, 5.74) is 4.13. The van der Waals surface area contributed by atoms with E-state index in [1.807, 2.05) is 18.7 Å². The molecular weight excluding hydrogens is 501 g/mol. The molecule has 39 heavy (non-hydrogen) atoms. The second-order valence-electron chi connectivity index (χ2n) is 11.4. The maximum Gasteiger partial charge on any atom is 0.325 e. The fourth-order valence-electron chi connectivity index (χ4n) is 5.73. The number of aromatic nitrogens is 1. The van der Waals surface area contributed by atoms with E-state index in [1.165, 1.54) is 17.8 Å². The molecule has 2 aromatic rings. The molecule has 1 aromatic carbocycles. The Labute approximate surface area is 229 Å². The smallest absolute Gasteiger partial charge is 0.325 e. The highest BCUT2D eigenvalue weighted by atomic mass is 19.1. The number of carboxylic acid groups (broad SMARTS) is 1. The molecule has 5 rings (SSSR count). The number of pyridine rings is 1. The van der Waals surface area contributed by atoms with Crippen LogP contribution in [0.1, 0.15) is 74.2 Å². The van der Waals surface area contributed by atoms with Gasteiger partial charge in [-0.1, -0.05) is 6.07 Å². The lowest BCUT2D eigenvalue weighted by Crippen LogP contribution is -2.40. The number of ether oxygens (including phenoxy) is 3. The monoisotopic (exact) mass is 541 g/mol. The minimum absolute atomic E-state index is 0.0492. The van der Waals surface area contributed by atoms with Crippen molar-refractivity contribution in [2.45, 2.75) is 76.2 Å². The van der Waals surface area contributed by atoms with Crippen LogP contribution in [0.2, 0.25) is 0 Å². The van der Waals surface area contributed by atoms with Crippen molar-refractivity contribution in [3.05, 3.63) is 58.7 Å². The van der Waals surface area contributed by atoms with Crippen molar-refractivity contribution in [2.75, 3.05) is 44.8 Å². The molecule has 1 aromatic heterocycles. The van der Waals surface area contributed by atoms with E-state index >= 15 is 0 Å². The molecule has 2 unspecified atom stereocenters. The minimum Gasteiger partial charge on any atom is -0.480 e. The van der Waals surface area contributed by atoms with Gasteiger partial charge in [-0.2, -0.15) is 0 Å². The summed E-state index contributed by atoms with van der Waals surface area (Å²) in [6.07, 6.45) is 5.23. The van der Waals surface area contributed by atoms with Gasteiger partial charge in [0.25, 0.3) is 0 Å². The van der Waals surface area contributed by atoms with Crippen molar-refractivity contribution in [2.24, 2.45) is 0 Å². The topological polar surface area (TPSA) is 93.2 Å². The van der Waals surface area contributed by atoms with E-state index in [4.69, 9.17) is 19.2 Å². The quantitative estimate of drug-likeness (QED) is 0.419. The molecule has 3 aliphatic heterocycles. The van der Waals surface area contributed by atoms with E-state index in [2.05, 4.69) is 17.4 Å². The largest absolute Gasteiger partial charge is 0.480 e. The Morgan fingerprint density at radius 3 is 2.97 bits per heavy atom. The van der Waals surface area contributed by atoms with Gasteiger partial charge in [-0.25, -0.2) is 4.39 Å². The van der Waals surface area contributed by atoms with Crippen molar-refractivity contribution in [1.82, 2.24) is 9.88 Å². The van der Waals surface area contributed by atoms with E-state index < -0.39 is 29.5 Å². The fourth-order valence-corrected chi connectivity index (χ4v) is 5.73. The minimum atomic E-state index is -1.01. The van der Waals surface area contributed by atoms with Gasteiger partial charge in [0, 0.05) is 31.9 Å². The molecule has 212 valence electrons. The number of fused-ring (bicyclic) bond motifs is 1. The molecule has 8 nitrogen and oxygen atoms in total. The molecule has 3 atom stereocenters. The van der Waals surface area contributed by atoms with E-state index in [0.29, 0.717) is 44.0 Å². The lowest BCUT2D eigenvalue weighted by molar-refractivity contribution is -0.177.